The van der Waals surface area contributed by atoms with Crippen LogP contribution in [0.15, 0.2) is 35.5 Å². The lowest BCUT2D eigenvalue weighted by Crippen LogP contribution is -2.32. The van der Waals surface area contributed by atoms with Gasteiger partial charge in [0.15, 0.2) is 0 Å². The van der Waals surface area contributed by atoms with Gasteiger partial charge in [0.1, 0.15) is 5.82 Å². The van der Waals surface area contributed by atoms with Crippen LogP contribution in [0.2, 0.25) is 0 Å². The molecule has 29 heavy (non-hydrogen) atoms. The van der Waals surface area contributed by atoms with Crippen molar-refractivity contribution in [2.24, 2.45) is 5.92 Å². The molecule has 4 rings (SSSR count). The van der Waals surface area contributed by atoms with Gasteiger partial charge < -0.3 is 9.88 Å². The summed E-state index contributed by atoms with van der Waals surface area (Å²) in [6.45, 7) is 2.70. The van der Waals surface area contributed by atoms with E-state index in [9.17, 15) is 13.2 Å². The standard InChI is InChI=1S/C21H28N4O3S/c1-15-22-10-12-25(15)13-11-23-29(27,28)18-8-6-16-7-9-20(19(16)14-18)24-21(26)17-4-2-3-5-17/h6,8,10,12,14,17,20,23H,2-5,7,9,11,13H2,1H3,(H,24,26)/t20-/m0/s1. The number of fused-ring (bicyclic) bond motifs is 1. The van der Waals surface area contributed by atoms with Gasteiger partial charge in [-0.2, -0.15) is 0 Å². The van der Waals surface area contributed by atoms with Gasteiger partial charge in [-0.3, -0.25) is 4.79 Å². The Hall–Kier alpha value is -2.19. The van der Waals surface area contributed by atoms with Gasteiger partial charge in [-0.05, 0) is 55.9 Å². The first-order chi connectivity index (χ1) is 13.9. The van der Waals surface area contributed by atoms with E-state index in [2.05, 4.69) is 15.0 Å². The summed E-state index contributed by atoms with van der Waals surface area (Å²) in [5, 5.41) is 3.16. The Bertz CT molecular complexity index is 993. The van der Waals surface area contributed by atoms with Crippen LogP contribution in [0, 0.1) is 12.8 Å². The van der Waals surface area contributed by atoms with Crippen LogP contribution in [0.4, 0.5) is 0 Å². The van der Waals surface area contributed by atoms with Crippen molar-refractivity contribution in [1.82, 2.24) is 19.6 Å². The van der Waals surface area contributed by atoms with E-state index in [4.69, 9.17) is 0 Å². The molecule has 2 aromatic rings. The van der Waals surface area contributed by atoms with Crippen LogP contribution < -0.4 is 10.0 Å². The van der Waals surface area contributed by atoms with Crippen LogP contribution in [-0.4, -0.2) is 30.4 Å². The Balaban J connectivity index is 1.43. The molecule has 1 aromatic heterocycles. The number of nitrogens with zero attached hydrogens (tertiary/aromatic N) is 2. The Kier molecular flexibility index (Phi) is 5.74. The Morgan fingerprint density at radius 1 is 1.24 bits per heavy atom. The molecular formula is C21H28N4O3S. The van der Waals surface area contributed by atoms with E-state index >= 15 is 0 Å². The van der Waals surface area contributed by atoms with Gasteiger partial charge in [0.2, 0.25) is 15.9 Å². The number of hydrogen-bond donors (Lipinski definition) is 2. The summed E-state index contributed by atoms with van der Waals surface area (Å²) in [6.07, 6.45) is 9.36. The van der Waals surface area contributed by atoms with Crippen LogP contribution in [0.5, 0.6) is 0 Å². The number of nitrogens with one attached hydrogen (secondary N) is 2. The van der Waals surface area contributed by atoms with Crippen molar-refractivity contribution in [1.29, 1.82) is 0 Å². The normalized spacial score (nSPS) is 19.4. The fourth-order valence-corrected chi connectivity index (χ4v) is 5.45. The van der Waals surface area contributed by atoms with Crippen LogP contribution in [-0.2, 0) is 27.8 Å². The maximum Gasteiger partial charge on any atom is 0.240 e. The number of imidazole rings is 1. The van der Waals surface area contributed by atoms with Crippen LogP contribution in [0.25, 0.3) is 0 Å². The SMILES string of the molecule is Cc1nccn1CCNS(=O)(=O)c1ccc2c(c1)[C@@H](NC(=O)C1CCCC1)CC2. The van der Waals surface area contributed by atoms with Crippen LogP contribution in [0.1, 0.15) is 55.1 Å². The van der Waals surface area contributed by atoms with Crippen LogP contribution >= 0.6 is 0 Å². The van der Waals surface area contributed by atoms with E-state index in [1.165, 1.54) is 0 Å². The Morgan fingerprint density at radius 3 is 2.76 bits per heavy atom. The molecule has 0 saturated heterocycles. The molecule has 1 heterocycles. The summed E-state index contributed by atoms with van der Waals surface area (Å²) < 4.78 is 30.1. The average molecular weight is 417 g/mol. The van der Waals surface area contributed by atoms with Gasteiger partial charge in [0, 0.05) is 31.4 Å². The van der Waals surface area contributed by atoms with E-state index in [1.54, 1.807) is 18.3 Å². The minimum absolute atomic E-state index is 0.0955. The van der Waals surface area contributed by atoms with Crippen molar-refractivity contribution in [3.05, 3.63) is 47.5 Å². The van der Waals surface area contributed by atoms with Gasteiger partial charge in [0.05, 0.1) is 10.9 Å². The molecule has 2 N–H and O–H groups in total. The Labute approximate surface area is 172 Å². The third-order valence-corrected chi connectivity index (χ3v) is 7.57. The second-order valence-corrected chi connectivity index (χ2v) is 9.77. The van der Waals surface area contributed by atoms with Gasteiger partial charge in [-0.25, -0.2) is 18.1 Å². The molecule has 2 aliphatic carbocycles. The van der Waals surface area contributed by atoms with E-state index in [0.717, 1.165) is 55.5 Å². The summed E-state index contributed by atoms with van der Waals surface area (Å²) in [7, 11) is -3.61. The molecule has 1 fully saturated rings. The number of benzene rings is 1. The highest BCUT2D eigenvalue weighted by Gasteiger charge is 2.29. The fraction of sp³-hybridized carbons (Fsp3) is 0.524. The molecule has 0 spiro atoms. The maximum atomic E-state index is 12.8. The molecule has 1 amide bonds. The summed E-state index contributed by atoms with van der Waals surface area (Å²) in [5.74, 6) is 1.07. The highest BCUT2D eigenvalue weighted by Crippen LogP contribution is 2.34. The zero-order chi connectivity index (χ0) is 20.4. The Morgan fingerprint density at radius 2 is 2.03 bits per heavy atom. The third kappa shape index (κ3) is 4.38. The molecule has 0 unspecified atom stereocenters. The molecule has 1 atom stereocenters. The second kappa shape index (κ2) is 8.28. The zero-order valence-electron chi connectivity index (χ0n) is 16.7. The largest absolute Gasteiger partial charge is 0.349 e. The smallest absolute Gasteiger partial charge is 0.240 e. The molecule has 2 aliphatic rings. The molecule has 156 valence electrons. The zero-order valence-corrected chi connectivity index (χ0v) is 17.5. The first-order valence-corrected chi connectivity index (χ1v) is 11.8. The minimum atomic E-state index is -3.61. The number of carbonyl (C=O) groups is 1. The highest BCUT2D eigenvalue weighted by molar-refractivity contribution is 7.89. The first-order valence-electron chi connectivity index (χ1n) is 10.3. The summed E-state index contributed by atoms with van der Waals surface area (Å²) in [4.78, 5) is 16.9. The molecule has 0 radical (unpaired) electrons. The molecule has 1 saturated carbocycles. The van der Waals surface area contributed by atoms with E-state index in [1.807, 2.05) is 23.8 Å². The number of carbonyl (C=O) groups excluding carboxylic acids is 1. The van der Waals surface area contributed by atoms with E-state index < -0.39 is 10.0 Å². The predicted molar refractivity (Wildman–Crippen MR) is 110 cm³/mol. The number of aryl methyl sites for hydroxylation is 2. The van der Waals surface area contributed by atoms with E-state index in [0.29, 0.717) is 13.1 Å². The maximum absolute atomic E-state index is 12.8. The summed E-state index contributed by atoms with van der Waals surface area (Å²) in [6, 6.07) is 5.17. The molecule has 0 aliphatic heterocycles. The fourth-order valence-electron chi connectivity index (χ4n) is 4.40. The van der Waals surface area contributed by atoms with Gasteiger partial charge in [-0.15, -0.1) is 0 Å². The van der Waals surface area contributed by atoms with Crippen molar-refractivity contribution in [3.8, 4) is 0 Å². The summed E-state index contributed by atoms with van der Waals surface area (Å²) in [5.41, 5.74) is 2.05. The number of amides is 1. The quantitative estimate of drug-likeness (QED) is 0.725. The van der Waals surface area contributed by atoms with Gasteiger partial charge >= 0.3 is 0 Å². The first kappa shape index (κ1) is 20.1. The van der Waals surface area contributed by atoms with Crippen molar-refractivity contribution < 1.29 is 13.2 Å². The number of sulfonamides is 1. The number of aromatic nitrogens is 2. The molecule has 7 nitrogen and oxygen atoms in total. The van der Waals surface area contributed by atoms with Crippen molar-refractivity contribution >= 4 is 15.9 Å². The lowest BCUT2D eigenvalue weighted by Gasteiger charge is -2.18. The second-order valence-electron chi connectivity index (χ2n) is 8.01. The minimum Gasteiger partial charge on any atom is -0.349 e. The monoisotopic (exact) mass is 416 g/mol. The van der Waals surface area contributed by atoms with Crippen molar-refractivity contribution in [2.45, 2.75) is 62.9 Å². The highest BCUT2D eigenvalue weighted by atomic mass is 32.2. The number of hydrogen-bond acceptors (Lipinski definition) is 4. The predicted octanol–water partition coefficient (Wildman–Crippen LogP) is 2.46. The van der Waals surface area contributed by atoms with Crippen molar-refractivity contribution in [2.75, 3.05) is 6.54 Å². The lowest BCUT2D eigenvalue weighted by molar-refractivity contribution is -0.125. The molecule has 8 heteroatoms. The van der Waals surface area contributed by atoms with Gasteiger partial charge in [-0.1, -0.05) is 18.9 Å². The molecule has 0 bridgehead atoms. The van der Waals surface area contributed by atoms with Crippen molar-refractivity contribution in [3.63, 3.8) is 0 Å². The lowest BCUT2D eigenvalue weighted by atomic mass is 10.0. The van der Waals surface area contributed by atoms with E-state index in [-0.39, 0.29) is 22.8 Å². The number of rotatable bonds is 7. The summed E-state index contributed by atoms with van der Waals surface area (Å²) >= 11 is 0. The molecule has 1 aromatic carbocycles. The third-order valence-electron chi connectivity index (χ3n) is 6.12. The van der Waals surface area contributed by atoms with Crippen LogP contribution in [0.3, 0.4) is 0 Å². The molecular weight excluding hydrogens is 388 g/mol. The topological polar surface area (TPSA) is 93.1 Å². The van der Waals surface area contributed by atoms with Gasteiger partial charge in [0.25, 0.3) is 0 Å². The average Bonchev–Trinajstić information content (AvgIpc) is 3.44.